The summed E-state index contributed by atoms with van der Waals surface area (Å²) in [6.07, 6.45) is 2.91. The molecule has 94 valence electrons. The summed E-state index contributed by atoms with van der Waals surface area (Å²) in [5.74, 6) is 0.958. The van der Waals surface area contributed by atoms with E-state index in [-0.39, 0.29) is 0 Å². The van der Waals surface area contributed by atoms with Crippen molar-refractivity contribution in [3.05, 3.63) is 41.5 Å². The Morgan fingerprint density at radius 3 is 2.59 bits per heavy atom. The van der Waals surface area contributed by atoms with Crippen molar-refractivity contribution in [2.45, 2.75) is 33.2 Å². The number of hydrogen-bond acceptors (Lipinski definition) is 2. The molecule has 1 aromatic carbocycles. The molecule has 0 saturated heterocycles. The molecule has 1 rings (SSSR count). The highest BCUT2D eigenvalue weighted by Crippen LogP contribution is 2.28. The minimum atomic E-state index is 0.349. The van der Waals surface area contributed by atoms with Crippen LogP contribution in [0.15, 0.2) is 24.8 Å². The van der Waals surface area contributed by atoms with E-state index in [1.165, 1.54) is 16.7 Å². The second-order valence-corrected chi connectivity index (χ2v) is 4.31. The zero-order valence-corrected chi connectivity index (χ0v) is 11.3. The number of ether oxygens (including phenoxy) is 1. The molecular formula is C15H23NO. The van der Waals surface area contributed by atoms with Crippen molar-refractivity contribution in [2.75, 3.05) is 13.7 Å². The Morgan fingerprint density at radius 2 is 2.06 bits per heavy atom. The number of nitrogens with one attached hydrogen (secondary N) is 1. The lowest BCUT2D eigenvalue weighted by Gasteiger charge is -2.20. The summed E-state index contributed by atoms with van der Waals surface area (Å²) in [6, 6.07) is 4.67. The average Bonchev–Trinajstić information content (AvgIpc) is 2.31. The van der Waals surface area contributed by atoms with Crippen LogP contribution in [0.5, 0.6) is 5.75 Å². The van der Waals surface area contributed by atoms with E-state index < -0.39 is 0 Å². The van der Waals surface area contributed by atoms with Gasteiger partial charge in [0.1, 0.15) is 5.75 Å². The molecular weight excluding hydrogens is 210 g/mol. The minimum Gasteiger partial charge on any atom is -0.496 e. The van der Waals surface area contributed by atoms with Gasteiger partial charge in [-0.05, 0) is 49.6 Å². The molecule has 0 fully saturated rings. The number of rotatable bonds is 6. The molecule has 0 spiro atoms. The van der Waals surface area contributed by atoms with Crippen LogP contribution in [0, 0.1) is 13.8 Å². The largest absolute Gasteiger partial charge is 0.496 e. The van der Waals surface area contributed by atoms with Crippen LogP contribution in [-0.4, -0.2) is 13.7 Å². The molecule has 2 nitrogen and oxygen atoms in total. The Labute approximate surface area is 105 Å². The molecule has 0 aromatic heterocycles. The molecule has 1 atom stereocenters. The van der Waals surface area contributed by atoms with Crippen LogP contribution in [0.1, 0.15) is 36.1 Å². The first-order chi connectivity index (χ1) is 8.13. The SMILES string of the molecule is C=CCC(NCC)c1cc(C)c(OC)cc1C. The smallest absolute Gasteiger partial charge is 0.122 e. The Balaban J connectivity index is 3.10. The van der Waals surface area contributed by atoms with E-state index in [1.54, 1.807) is 7.11 Å². The van der Waals surface area contributed by atoms with Crippen LogP contribution in [-0.2, 0) is 0 Å². The third-order valence-electron chi connectivity index (χ3n) is 3.01. The fourth-order valence-corrected chi connectivity index (χ4v) is 2.14. The van der Waals surface area contributed by atoms with Crippen LogP contribution in [0.25, 0.3) is 0 Å². The fraction of sp³-hybridized carbons (Fsp3) is 0.467. The van der Waals surface area contributed by atoms with Gasteiger partial charge >= 0.3 is 0 Å². The highest BCUT2D eigenvalue weighted by Gasteiger charge is 2.13. The van der Waals surface area contributed by atoms with E-state index >= 15 is 0 Å². The van der Waals surface area contributed by atoms with Gasteiger partial charge < -0.3 is 10.1 Å². The zero-order valence-electron chi connectivity index (χ0n) is 11.3. The first-order valence-electron chi connectivity index (χ1n) is 6.13. The summed E-state index contributed by atoms with van der Waals surface area (Å²) in [5, 5.41) is 3.49. The van der Waals surface area contributed by atoms with Gasteiger partial charge in [0.25, 0.3) is 0 Å². The van der Waals surface area contributed by atoms with Crippen LogP contribution < -0.4 is 10.1 Å². The predicted molar refractivity (Wildman–Crippen MR) is 73.7 cm³/mol. The molecule has 0 aliphatic heterocycles. The van der Waals surface area contributed by atoms with Gasteiger partial charge in [0, 0.05) is 6.04 Å². The summed E-state index contributed by atoms with van der Waals surface area (Å²) >= 11 is 0. The molecule has 0 heterocycles. The molecule has 0 amide bonds. The Kier molecular flexibility index (Phi) is 5.23. The van der Waals surface area contributed by atoms with E-state index in [2.05, 4.69) is 44.8 Å². The molecule has 1 N–H and O–H groups in total. The van der Waals surface area contributed by atoms with Crippen molar-refractivity contribution in [3.63, 3.8) is 0 Å². The number of hydrogen-bond donors (Lipinski definition) is 1. The Morgan fingerprint density at radius 1 is 1.35 bits per heavy atom. The van der Waals surface area contributed by atoms with Gasteiger partial charge in [0.2, 0.25) is 0 Å². The molecule has 1 aromatic rings. The monoisotopic (exact) mass is 233 g/mol. The van der Waals surface area contributed by atoms with Gasteiger partial charge in [0.15, 0.2) is 0 Å². The molecule has 0 bridgehead atoms. The van der Waals surface area contributed by atoms with Crippen LogP contribution in [0.4, 0.5) is 0 Å². The van der Waals surface area contributed by atoms with Crippen molar-refractivity contribution in [3.8, 4) is 5.75 Å². The second kappa shape index (κ2) is 6.45. The molecule has 0 saturated carbocycles. The van der Waals surface area contributed by atoms with Gasteiger partial charge in [0.05, 0.1) is 7.11 Å². The second-order valence-electron chi connectivity index (χ2n) is 4.31. The lowest BCUT2D eigenvalue weighted by atomic mass is 9.96. The fourth-order valence-electron chi connectivity index (χ4n) is 2.14. The summed E-state index contributed by atoms with van der Waals surface area (Å²) < 4.78 is 5.34. The van der Waals surface area contributed by atoms with E-state index in [0.29, 0.717) is 6.04 Å². The van der Waals surface area contributed by atoms with Crippen LogP contribution in [0.3, 0.4) is 0 Å². The average molecular weight is 233 g/mol. The maximum absolute atomic E-state index is 5.34. The molecule has 2 heteroatoms. The highest BCUT2D eigenvalue weighted by atomic mass is 16.5. The third kappa shape index (κ3) is 3.34. The van der Waals surface area contributed by atoms with Crippen molar-refractivity contribution in [2.24, 2.45) is 0 Å². The van der Waals surface area contributed by atoms with Gasteiger partial charge in [-0.1, -0.05) is 19.1 Å². The molecule has 0 aliphatic carbocycles. The highest BCUT2D eigenvalue weighted by molar-refractivity contribution is 5.43. The van der Waals surface area contributed by atoms with Crippen LogP contribution in [0.2, 0.25) is 0 Å². The molecule has 0 aliphatic rings. The van der Waals surface area contributed by atoms with Crippen molar-refractivity contribution in [1.82, 2.24) is 5.32 Å². The quantitative estimate of drug-likeness (QED) is 0.759. The Hall–Kier alpha value is -1.28. The summed E-state index contributed by atoms with van der Waals surface area (Å²) in [6.45, 7) is 11.1. The summed E-state index contributed by atoms with van der Waals surface area (Å²) in [5.41, 5.74) is 3.78. The van der Waals surface area contributed by atoms with E-state index in [1.807, 2.05) is 6.08 Å². The maximum atomic E-state index is 5.34. The normalized spacial score (nSPS) is 12.2. The van der Waals surface area contributed by atoms with E-state index in [4.69, 9.17) is 4.74 Å². The molecule has 1 unspecified atom stereocenters. The third-order valence-corrected chi connectivity index (χ3v) is 3.01. The van der Waals surface area contributed by atoms with Crippen LogP contribution >= 0.6 is 0 Å². The maximum Gasteiger partial charge on any atom is 0.122 e. The van der Waals surface area contributed by atoms with E-state index in [0.717, 1.165) is 18.7 Å². The lowest BCUT2D eigenvalue weighted by molar-refractivity contribution is 0.410. The predicted octanol–water partition coefficient (Wildman–Crippen LogP) is 3.54. The minimum absolute atomic E-state index is 0.349. The lowest BCUT2D eigenvalue weighted by Crippen LogP contribution is -2.21. The number of aryl methyl sites for hydroxylation is 2. The zero-order chi connectivity index (χ0) is 12.8. The van der Waals surface area contributed by atoms with Gasteiger partial charge in [-0.2, -0.15) is 0 Å². The Bertz CT molecular complexity index is 385. The van der Waals surface area contributed by atoms with Gasteiger partial charge in [-0.25, -0.2) is 0 Å². The van der Waals surface area contributed by atoms with Gasteiger partial charge in [-0.15, -0.1) is 6.58 Å². The van der Waals surface area contributed by atoms with Crippen molar-refractivity contribution >= 4 is 0 Å². The van der Waals surface area contributed by atoms with Gasteiger partial charge in [-0.3, -0.25) is 0 Å². The number of methoxy groups -OCH3 is 1. The van der Waals surface area contributed by atoms with E-state index in [9.17, 15) is 0 Å². The van der Waals surface area contributed by atoms with Crippen molar-refractivity contribution in [1.29, 1.82) is 0 Å². The topological polar surface area (TPSA) is 21.3 Å². The standard InChI is InChI=1S/C15H23NO/c1-6-8-14(16-7-2)13-9-12(4)15(17-5)10-11(13)3/h6,9-10,14,16H,1,7-8H2,2-5H3. The molecule has 17 heavy (non-hydrogen) atoms. The first-order valence-corrected chi connectivity index (χ1v) is 6.13. The summed E-state index contributed by atoms with van der Waals surface area (Å²) in [7, 11) is 1.72. The van der Waals surface area contributed by atoms with Crippen molar-refractivity contribution < 1.29 is 4.74 Å². The first kappa shape index (κ1) is 13.8. The summed E-state index contributed by atoms with van der Waals surface area (Å²) in [4.78, 5) is 0. The molecule has 0 radical (unpaired) electrons. The number of benzene rings is 1.